The molecule has 0 aromatic carbocycles. The molecule has 0 bridgehead atoms. The molecule has 1 heterocycles. The van der Waals surface area contributed by atoms with Crippen LogP contribution < -0.4 is 0 Å². The summed E-state index contributed by atoms with van der Waals surface area (Å²) < 4.78 is 6.49. The summed E-state index contributed by atoms with van der Waals surface area (Å²) in [5.74, 6) is 2.05. The molecular weight excluding hydrogens is 220 g/mol. The predicted octanol–water partition coefficient (Wildman–Crippen LogP) is 5.14. The summed E-state index contributed by atoms with van der Waals surface area (Å²) in [6.07, 6.45) is 1.97. The van der Waals surface area contributed by atoms with Gasteiger partial charge in [0.05, 0.1) is 12.2 Å². The Bertz CT molecular complexity index is 264. The fraction of sp³-hybridized carbons (Fsp3) is 1.00. The van der Waals surface area contributed by atoms with E-state index in [-0.39, 0.29) is 5.41 Å². The Hall–Kier alpha value is -0.0400. The molecule has 0 N–H and O–H groups in total. The average molecular weight is 254 g/mol. The standard InChI is InChI=1S/C17H34O/c1-10-12-13(11(2)3)14(16(4,5)6)15(18-12)17(7,8)9/h11-15H,10H2,1-9H3. The molecule has 0 amide bonds. The van der Waals surface area contributed by atoms with Crippen molar-refractivity contribution < 1.29 is 4.74 Å². The van der Waals surface area contributed by atoms with Gasteiger partial charge in [-0.05, 0) is 35.0 Å². The molecule has 0 radical (unpaired) electrons. The zero-order valence-corrected chi connectivity index (χ0v) is 14.0. The molecule has 0 saturated carbocycles. The van der Waals surface area contributed by atoms with E-state index in [0.717, 1.165) is 6.42 Å². The van der Waals surface area contributed by atoms with E-state index in [1.54, 1.807) is 0 Å². The predicted molar refractivity (Wildman–Crippen MR) is 79.7 cm³/mol. The van der Waals surface area contributed by atoms with Crippen LogP contribution in [0.2, 0.25) is 0 Å². The maximum Gasteiger partial charge on any atom is 0.0664 e. The van der Waals surface area contributed by atoms with E-state index in [1.807, 2.05) is 0 Å². The summed E-state index contributed by atoms with van der Waals surface area (Å²) >= 11 is 0. The third kappa shape index (κ3) is 3.10. The molecule has 108 valence electrons. The van der Waals surface area contributed by atoms with Crippen molar-refractivity contribution in [2.45, 2.75) is 80.9 Å². The van der Waals surface area contributed by atoms with Gasteiger partial charge in [0.25, 0.3) is 0 Å². The molecular formula is C17H34O. The number of hydrogen-bond donors (Lipinski definition) is 0. The van der Waals surface area contributed by atoms with Crippen molar-refractivity contribution in [2.75, 3.05) is 0 Å². The van der Waals surface area contributed by atoms with Crippen LogP contribution in [0, 0.1) is 28.6 Å². The highest BCUT2D eigenvalue weighted by atomic mass is 16.5. The summed E-state index contributed by atoms with van der Waals surface area (Å²) in [5.41, 5.74) is 0.547. The van der Waals surface area contributed by atoms with Gasteiger partial charge >= 0.3 is 0 Å². The SMILES string of the molecule is CCC1OC(C(C)(C)C)C(C(C)(C)C)C1C(C)C. The van der Waals surface area contributed by atoms with Crippen molar-refractivity contribution >= 4 is 0 Å². The van der Waals surface area contributed by atoms with Gasteiger partial charge in [0.2, 0.25) is 0 Å². The first-order valence-corrected chi connectivity index (χ1v) is 7.65. The van der Waals surface area contributed by atoms with Gasteiger partial charge in [-0.2, -0.15) is 0 Å². The second kappa shape index (κ2) is 5.15. The van der Waals surface area contributed by atoms with Crippen molar-refractivity contribution in [3.63, 3.8) is 0 Å². The minimum Gasteiger partial charge on any atom is -0.374 e. The summed E-state index contributed by atoms with van der Waals surface area (Å²) in [5, 5.41) is 0. The zero-order chi connectivity index (χ0) is 14.3. The van der Waals surface area contributed by atoms with Crippen LogP contribution in [0.3, 0.4) is 0 Å². The molecule has 18 heavy (non-hydrogen) atoms. The van der Waals surface area contributed by atoms with E-state index in [1.165, 1.54) is 0 Å². The molecule has 1 aliphatic rings. The van der Waals surface area contributed by atoms with Gasteiger partial charge < -0.3 is 4.74 Å². The molecule has 4 unspecified atom stereocenters. The van der Waals surface area contributed by atoms with Crippen LogP contribution in [-0.2, 0) is 4.74 Å². The minimum absolute atomic E-state index is 0.231. The topological polar surface area (TPSA) is 9.23 Å². The maximum atomic E-state index is 6.49. The molecule has 1 saturated heterocycles. The fourth-order valence-electron chi connectivity index (χ4n) is 3.78. The Morgan fingerprint density at radius 3 is 1.72 bits per heavy atom. The highest BCUT2D eigenvalue weighted by molar-refractivity contribution is 5.00. The smallest absolute Gasteiger partial charge is 0.0664 e. The first-order valence-electron chi connectivity index (χ1n) is 7.65. The molecule has 0 aromatic heterocycles. The van der Waals surface area contributed by atoms with E-state index in [2.05, 4.69) is 62.3 Å². The van der Waals surface area contributed by atoms with Crippen molar-refractivity contribution in [1.82, 2.24) is 0 Å². The van der Waals surface area contributed by atoms with Gasteiger partial charge in [0, 0.05) is 0 Å². The Balaban J connectivity index is 3.15. The van der Waals surface area contributed by atoms with Crippen molar-refractivity contribution in [3.8, 4) is 0 Å². The molecule has 1 nitrogen and oxygen atoms in total. The average Bonchev–Trinajstić information content (AvgIpc) is 2.54. The summed E-state index contributed by atoms with van der Waals surface area (Å²) in [6, 6.07) is 0. The number of rotatable bonds is 2. The fourth-order valence-corrected chi connectivity index (χ4v) is 3.78. The minimum atomic E-state index is 0.231. The Morgan fingerprint density at radius 2 is 1.44 bits per heavy atom. The van der Waals surface area contributed by atoms with Gasteiger partial charge in [-0.25, -0.2) is 0 Å². The van der Waals surface area contributed by atoms with E-state index < -0.39 is 0 Å². The van der Waals surface area contributed by atoms with Crippen LogP contribution in [0.5, 0.6) is 0 Å². The van der Waals surface area contributed by atoms with Crippen LogP contribution in [0.25, 0.3) is 0 Å². The van der Waals surface area contributed by atoms with E-state index in [0.29, 0.717) is 35.4 Å². The third-order valence-corrected chi connectivity index (χ3v) is 4.52. The van der Waals surface area contributed by atoms with E-state index in [9.17, 15) is 0 Å². The normalized spacial score (nSPS) is 34.3. The molecule has 0 spiro atoms. The lowest BCUT2D eigenvalue weighted by molar-refractivity contribution is -0.0466. The van der Waals surface area contributed by atoms with Gasteiger partial charge in [-0.3, -0.25) is 0 Å². The van der Waals surface area contributed by atoms with E-state index in [4.69, 9.17) is 4.74 Å². The molecule has 4 atom stereocenters. The molecule has 0 aromatic rings. The van der Waals surface area contributed by atoms with Crippen LogP contribution in [0.15, 0.2) is 0 Å². The monoisotopic (exact) mass is 254 g/mol. The third-order valence-electron chi connectivity index (χ3n) is 4.52. The molecule has 1 aliphatic heterocycles. The largest absolute Gasteiger partial charge is 0.374 e. The highest BCUT2D eigenvalue weighted by Crippen LogP contribution is 2.52. The summed E-state index contributed by atoms with van der Waals surface area (Å²) in [7, 11) is 0. The highest BCUT2D eigenvalue weighted by Gasteiger charge is 2.53. The van der Waals surface area contributed by atoms with Crippen molar-refractivity contribution in [1.29, 1.82) is 0 Å². The van der Waals surface area contributed by atoms with Gasteiger partial charge in [-0.1, -0.05) is 62.3 Å². The van der Waals surface area contributed by atoms with Crippen LogP contribution >= 0.6 is 0 Å². The quantitative estimate of drug-likeness (QED) is 0.662. The molecule has 1 heteroatoms. The number of hydrogen-bond acceptors (Lipinski definition) is 1. The van der Waals surface area contributed by atoms with Crippen LogP contribution in [0.1, 0.15) is 68.7 Å². The molecule has 1 fully saturated rings. The van der Waals surface area contributed by atoms with E-state index >= 15 is 0 Å². The van der Waals surface area contributed by atoms with Crippen molar-refractivity contribution in [3.05, 3.63) is 0 Å². The Labute approximate surface area is 115 Å². The number of ether oxygens (including phenoxy) is 1. The van der Waals surface area contributed by atoms with Crippen LogP contribution in [0.4, 0.5) is 0 Å². The first-order chi connectivity index (χ1) is 8.00. The van der Waals surface area contributed by atoms with Crippen LogP contribution in [-0.4, -0.2) is 12.2 Å². The van der Waals surface area contributed by atoms with Gasteiger partial charge in [-0.15, -0.1) is 0 Å². The molecule has 1 rings (SSSR count). The van der Waals surface area contributed by atoms with Crippen molar-refractivity contribution in [2.24, 2.45) is 28.6 Å². The van der Waals surface area contributed by atoms with Gasteiger partial charge in [0.1, 0.15) is 0 Å². The Kier molecular flexibility index (Phi) is 4.58. The lowest BCUT2D eigenvalue weighted by Gasteiger charge is -2.41. The summed E-state index contributed by atoms with van der Waals surface area (Å²) in [4.78, 5) is 0. The Morgan fingerprint density at radius 1 is 0.944 bits per heavy atom. The van der Waals surface area contributed by atoms with Gasteiger partial charge in [0.15, 0.2) is 0 Å². The first kappa shape index (κ1) is 16.0. The zero-order valence-electron chi connectivity index (χ0n) is 14.0. The lowest BCUT2D eigenvalue weighted by Crippen LogP contribution is -2.41. The lowest BCUT2D eigenvalue weighted by atomic mass is 9.63. The maximum absolute atomic E-state index is 6.49. The second-order valence-electron chi connectivity index (χ2n) is 8.58. The second-order valence-corrected chi connectivity index (χ2v) is 8.58. The molecule has 0 aliphatic carbocycles. The summed E-state index contributed by atoms with van der Waals surface area (Å²) in [6.45, 7) is 21.1.